The summed E-state index contributed by atoms with van der Waals surface area (Å²) in [4.78, 5) is 13.5. The van der Waals surface area contributed by atoms with E-state index in [2.05, 4.69) is 23.2 Å². The number of aldehydes is 1. The van der Waals surface area contributed by atoms with Crippen molar-refractivity contribution >= 4 is 6.29 Å². The van der Waals surface area contributed by atoms with Gasteiger partial charge in [0.05, 0.1) is 0 Å². The van der Waals surface area contributed by atoms with Crippen LogP contribution in [-0.2, 0) is 11.2 Å². The summed E-state index contributed by atoms with van der Waals surface area (Å²) in [6, 6.07) is 14.2. The summed E-state index contributed by atoms with van der Waals surface area (Å²) in [6.07, 6.45) is 2.31. The highest BCUT2D eigenvalue weighted by atomic mass is 16.1. The molecule has 1 heterocycles. The van der Waals surface area contributed by atoms with Gasteiger partial charge in [0.25, 0.3) is 0 Å². The zero-order valence-corrected chi connectivity index (χ0v) is 8.44. The van der Waals surface area contributed by atoms with Gasteiger partial charge >= 0.3 is 0 Å². The lowest BCUT2D eigenvalue weighted by Gasteiger charge is -1.97. The first-order chi connectivity index (χ1) is 7.40. The topological polar surface area (TPSA) is 32.9 Å². The number of carbonyl (C=O) groups excluding carboxylic acids is 1. The Morgan fingerprint density at radius 3 is 2.60 bits per heavy atom. The summed E-state index contributed by atoms with van der Waals surface area (Å²) in [6.45, 7) is 0. The van der Waals surface area contributed by atoms with Gasteiger partial charge in [0.1, 0.15) is 6.29 Å². The molecule has 0 atom stereocenters. The molecule has 0 aliphatic rings. The zero-order valence-electron chi connectivity index (χ0n) is 8.44. The van der Waals surface area contributed by atoms with Crippen LogP contribution in [0.15, 0.2) is 42.5 Å². The number of rotatable bonds is 4. The van der Waals surface area contributed by atoms with E-state index in [0.29, 0.717) is 6.42 Å². The van der Waals surface area contributed by atoms with Crippen molar-refractivity contribution in [2.45, 2.75) is 12.8 Å². The minimum Gasteiger partial charge on any atom is -0.358 e. The fraction of sp³-hybridized carbons (Fsp3) is 0.154. The lowest BCUT2D eigenvalue weighted by Crippen LogP contribution is -1.86. The lowest BCUT2D eigenvalue weighted by atomic mass is 10.2. The molecule has 1 aromatic carbocycles. The summed E-state index contributed by atoms with van der Waals surface area (Å²) in [5.74, 6) is 0. The number of aromatic nitrogens is 1. The first kappa shape index (κ1) is 9.71. The first-order valence-electron chi connectivity index (χ1n) is 5.07. The lowest BCUT2D eigenvalue weighted by molar-refractivity contribution is -0.107. The Hall–Kier alpha value is -1.83. The van der Waals surface area contributed by atoms with Crippen LogP contribution in [0.3, 0.4) is 0 Å². The Morgan fingerprint density at radius 2 is 1.87 bits per heavy atom. The van der Waals surface area contributed by atoms with Gasteiger partial charge < -0.3 is 9.78 Å². The molecule has 1 aromatic heterocycles. The van der Waals surface area contributed by atoms with Crippen molar-refractivity contribution in [3.63, 3.8) is 0 Å². The molecule has 2 rings (SSSR count). The molecule has 1 N–H and O–H groups in total. The minimum atomic E-state index is 0.578. The summed E-state index contributed by atoms with van der Waals surface area (Å²) in [7, 11) is 0. The fourth-order valence-corrected chi connectivity index (χ4v) is 1.59. The Kier molecular flexibility index (Phi) is 2.98. The van der Waals surface area contributed by atoms with Crippen LogP contribution >= 0.6 is 0 Å². The van der Waals surface area contributed by atoms with Crippen LogP contribution < -0.4 is 0 Å². The average molecular weight is 199 g/mol. The number of nitrogens with one attached hydrogen (secondary N) is 1. The third-order valence-electron chi connectivity index (χ3n) is 2.36. The Labute approximate surface area is 89.0 Å². The van der Waals surface area contributed by atoms with Crippen molar-refractivity contribution in [3.05, 3.63) is 48.2 Å². The molecule has 15 heavy (non-hydrogen) atoms. The maximum atomic E-state index is 10.2. The number of aromatic amines is 1. The summed E-state index contributed by atoms with van der Waals surface area (Å²) >= 11 is 0. The highest BCUT2D eigenvalue weighted by Gasteiger charge is 2.00. The van der Waals surface area contributed by atoms with Gasteiger partial charge in [-0.1, -0.05) is 30.3 Å². The molecule has 0 amide bonds. The monoisotopic (exact) mass is 199 g/mol. The predicted molar refractivity (Wildman–Crippen MR) is 60.6 cm³/mol. The van der Waals surface area contributed by atoms with Crippen LogP contribution in [0.25, 0.3) is 11.3 Å². The molecule has 0 fully saturated rings. The molecular formula is C13H13NO. The van der Waals surface area contributed by atoms with Crippen molar-refractivity contribution in [2.75, 3.05) is 0 Å². The molecule has 2 heteroatoms. The Morgan fingerprint density at radius 1 is 1.07 bits per heavy atom. The number of hydrogen-bond acceptors (Lipinski definition) is 1. The molecule has 0 saturated carbocycles. The molecule has 76 valence electrons. The number of hydrogen-bond donors (Lipinski definition) is 1. The van der Waals surface area contributed by atoms with Gasteiger partial charge in [-0.15, -0.1) is 0 Å². The molecule has 0 aliphatic heterocycles. The minimum absolute atomic E-state index is 0.578. The number of aryl methyl sites for hydroxylation is 1. The second-order valence-corrected chi connectivity index (χ2v) is 3.47. The van der Waals surface area contributed by atoms with Gasteiger partial charge in [0.2, 0.25) is 0 Å². The highest BCUT2D eigenvalue weighted by Crippen LogP contribution is 2.18. The third-order valence-corrected chi connectivity index (χ3v) is 2.36. The van der Waals surface area contributed by atoms with Crippen LogP contribution in [0, 0.1) is 0 Å². The van der Waals surface area contributed by atoms with Gasteiger partial charge in [0.15, 0.2) is 0 Å². The van der Waals surface area contributed by atoms with Gasteiger partial charge in [-0.2, -0.15) is 0 Å². The molecule has 0 spiro atoms. The van der Waals surface area contributed by atoms with Gasteiger partial charge in [-0.3, -0.25) is 0 Å². The average Bonchev–Trinajstić information content (AvgIpc) is 2.76. The second kappa shape index (κ2) is 4.60. The Balaban J connectivity index is 2.17. The van der Waals surface area contributed by atoms with E-state index in [0.717, 1.165) is 24.1 Å². The molecule has 2 nitrogen and oxygen atoms in total. The van der Waals surface area contributed by atoms with Crippen LogP contribution in [0.4, 0.5) is 0 Å². The largest absolute Gasteiger partial charge is 0.358 e. The van der Waals surface area contributed by atoms with E-state index in [1.807, 2.05) is 24.3 Å². The smallest absolute Gasteiger partial charge is 0.120 e. The van der Waals surface area contributed by atoms with Crippen molar-refractivity contribution in [2.24, 2.45) is 0 Å². The van der Waals surface area contributed by atoms with E-state index in [-0.39, 0.29) is 0 Å². The van der Waals surface area contributed by atoms with Crippen LogP contribution in [0.5, 0.6) is 0 Å². The molecule has 0 saturated heterocycles. The van der Waals surface area contributed by atoms with E-state index in [1.165, 1.54) is 5.56 Å². The standard InChI is InChI=1S/C13H13NO/c15-10-4-7-12-8-9-13(14-12)11-5-2-1-3-6-11/h1-3,5-6,8-10,14H,4,7H2. The van der Waals surface area contributed by atoms with Gasteiger partial charge in [0, 0.05) is 17.8 Å². The summed E-state index contributed by atoms with van der Waals surface area (Å²) in [5, 5.41) is 0. The second-order valence-electron chi connectivity index (χ2n) is 3.47. The maximum Gasteiger partial charge on any atom is 0.120 e. The van der Waals surface area contributed by atoms with Crippen molar-refractivity contribution in [1.29, 1.82) is 0 Å². The maximum absolute atomic E-state index is 10.2. The zero-order chi connectivity index (χ0) is 10.5. The van der Waals surface area contributed by atoms with Crippen LogP contribution in [0.1, 0.15) is 12.1 Å². The van der Waals surface area contributed by atoms with Crippen LogP contribution in [0.2, 0.25) is 0 Å². The molecule has 0 aliphatic carbocycles. The van der Waals surface area contributed by atoms with E-state index in [9.17, 15) is 4.79 Å². The normalized spacial score (nSPS) is 10.1. The molecule has 0 radical (unpaired) electrons. The van der Waals surface area contributed by atoms with E-state index < -0.39 is 0 Å². The quantitative estimate of drug-likeness (QED) is 0.754. The molecule has 2 aromatic rings. The van der Waals surface area contributed by atoms with E-state index >= 15 is 0 Å². The highest BCUT2D eigenvalue weighted by molar-refractivity contribution is 5.59. The molecular weight excluding hydrogens is 186 g/mol. The van der Waals surface area contributed by atoms with Gasteiger partial charge in [-0.05, 0) is 24.1 Å². The number of H-pyrrole nitrogens is 1. The number of benzene rings is 1. The van der Waals surface area contributed by atoms with Gasteiger partial charge in [-0.25, -0.2) is 0 Å². The summed E-state index contributed by atoms with van der Waals surface area (Å²) < 4.78 is 0. The molecule has 0 unspecified atom stereocenters. The van der Waals surface area contributed by atoms with Crippen LogP contribution in [-0.4, -0.2) is 11.3 Å². The van der Waals surface area contributed by atoms with E-state index in [1.54, 1.807) is 0 Å². The number of carbonyl (C=O) groups is 1. The third kappa shape index (κ3) is 2.34. The van der Waals surface area contributed by atoms with Crippen molar-refractivity contribution in [3.8, 4) is 11.3 Å². The van der Waals surface area contributed by atoms with Crippen molar-refractivity contribution < 1.29 is 4.79 Å². The summed E-state index contributed by atoms with van der Waals surface area (Å²) in [5.41, 5.74) is 3.40. The van der Waals surface area contributed by atoms with Crippen molar-refractivity contribution in [1.82, 2.24) is 4.98 Å². The SMILES string of the molecule is O=CCCc1ccc(-c2ccccc2)[nH]1. The fourth-order valence-electron chi connectivity index (χ4n) is 1.59. The van der Waals surface area contributed by atoms with E-state index in [4.69, 9.17) is 0 Å². The Bertz CT molecular complexity index is 431. The predicted octanol–water partition coefficient (Wildman–Crippen LogP) is 2.81. The molecule has 0 bridgehead atoms. The first-order valence-corrected chi connectivity index (χ1v) is 5.07.